The Labute approximate surface area is 108 Å². The highest BCUT2D eigenvalue weighted by molar-refractivity contribution is 5.88. The molecule has 0 unspecified atom stereocenters. The van der Waals surface area contributed by atoms with Crippen LogP contribution in [0.25, 0.3) is 0 Å². The summed E-state index contributed by atoms with van der Waals surface area (Å²) in [5.41, 5.74) is 0.514. The van der Waals surface area contributed by atoms with Crippen LogP contribution in [0.2, 0.25) is 0 Å². The lowest BCUT2D eigenvalue weighted by Gasteiger charge is -2.05. The molecule has 0 aromatic carbocycles. The quantitative estimate of drug-likeness (QED) is 0.815. The van der Waals surface area contributed by atoms with E-state index in [0.717, 1.165) is 0 Å². The van der Waals surface area contributed by atoms with Crippen molar-refractivity contribution in [1.29, 1.82) is 0 Å². The van der Waals surface area contributed by atoms with Gasteiger partial charge in [0.2, 0.25) is 11.8 Å². The summed E-state index contributed by atoms with van der Waals surface area (Å²) in [6.45, 7) is 3.88. The summed E-state index contributed by atoms with van der Waals surface area (Å²) in [5, 5.41) is 15.6. The van der Waals surface area contributed by atoms with Gasteiger partial charge in [0.15, 0.2) is 5.82 Å². The zero-order chi connectivity index (χ0) is 13.8. The summed E-state index contributed by atoms with van der Waals surface area (Å²) >= 11 is 0. The van der Waals surface area contributed by atoms with Gasteiger partial charge in [-0.05, 0) is 6.92 Å². The van der Waals surface area contributed by atoms with Crippen molar-refractivity contribution in [1.82, 2.24) is 20.1 Å². The Hall–Kier alpha value is -2.51. The minimum absolute atomic E-state index is 0.0966. The van der Waals surface area contributed by atoms with Crippen molar-refractivity contribution in [3.05, 3.63) is 29.2 Å². The molecule has 19 heavy (non-hydrogen) atoms. The molecule has 100 valence electrons. The molecule has 0 saturated heterocycles. The fourth-order valence-corrected chi connectivity index (χ4v) is 1.49. The van der Waals surface area contributed by atoms with Gasteiger partial charge in [0.05, 0.1) is 11.3 Å². The third-order valence-corrected chi connectivity index (χ3v) is 2.41. The lowest BCUT2D eigenvalue weighted by atomic mass is 10.2. The molecule has 2 rings (SSSR count). The maximum absolute atomic E-state index is 10.8. The van der Waals surface area contributed by atoms with Crippen LogP contribution in [0.4, 0.5) is 5.95 Å². The molecule has 0 saturated carbocycles. The predicted octanol–water partition coefficient (Wildman–Crippen LogP) is 0.829. The Morgan fingerprint density at radius 2 is 2.21 bits per heavy atom. The van der Waals surface area contributed by atoms with E-state index < -0.39 is 5.97 Å². The van der Waals surface area contributed by atoms with E-state index in [1.807, 2.05) is 0 Å². The zero-order valence-corrected chi connectivity index (χ0v) is 10.5. The average molecular weight is 263 g/mol. The van der Waals surface area contributed by atoms with Crippen LogP contribution in [0.3, 0.4) is 0 Å². The summed E-state index contributed by atoms with van der Waals surface area (Å²) in [7, 11) is 0. The number of aryl methyl sites for hydroxylation is 2. The molecule has 2 aromatic rings. The second-order valence-electron chi connectivity index (χ2n) is 3.90. The first kappa shape index (κ1) is 12.9. The molecule has 2 N–H and O–H groups in total. The molecule has 0 radical (unpaired) electrons. The topological polar surface area (TPSA) is 114 Å². The number of nitrogens with zero attached hydrogens (tertiary/aromatic N) is 4. The van der Waals surface area contributed by atoms with Crippen LogP contribution in [0.15, 0.2) is 10.7 Å². The SMILES string of the molecule is Cc1nc(CCNc2ncc(C(=O)O)c(C)n2)no1. The Balaban J connectivity index is 1.93. The fourth-order valence-electron chi connectivity index (χ4n) is 1.49. The second kappa shape index (κ2) is 5.42. The van der Waals surface area contributed by atoms with Gasteiger partial charge in [0.1, 0.15) is 0 Å². The summed E-state index contributed by atoms with van der Waals surface area (Å²) in [6.07, 6.45) is 1.85. The van der Waals surface area contributed by atoms with Crippen LogP contribution < -0.4 is 5.32 Å². The molecule has 8 heteroatoms. The number of hydrogen-bond donors (Lipinski definition) is 2. The highest BCUT2D eigenvalue weighted by atomic mass is 16.5. The lowest BCUT2D eigenvalue weighted by molar-refractivity contribution is 0.0695. The minimum Gasteiger partial charge on any atom is -0.478 e. The molecule has 0 aliphatic heterocycles. The third kappa shape index (κ3) is 3.24. The molecule has 2 aromatic heterocycles. The van der Waals surface area contributed by atoms with Gasteiger partial charge in [-0.15, -0.1) is 0 Å². The number of hydrogen-bond acceptors (Lipinski definition) is 7. The Bertz CT molecular complexity index is 596. The van der Waals surface area contributed by atoms with Gasteiger partial charge in [-0.2, -0.15) is 4.98 Å². The standard InChI is InChI=1S/C11H13N5O3/c1-6-8(10(17)18)5-13-11(14-6)12-4-3-9-15-7(2)19-16-9/h5H,3-4H2,1-2H3,(H,17,18)(H,12,13,14). The first-order valence-electron chi connectivity index (χ1n) is 5.66. The number of nitrogens with one attached hydrogen (secondary N) is 1. The van der Waals surface area contributed by atoms with Gasteiger partial charge in [-0.3, -0.25) is 0 Å². The largest absolute Gasteiger partial charge is 0.478 e. The fraction of sp³-hybridized carbons (Fsp3) is 0.364. The minimum atomic E-state index is -1.04. The molecule has 0 atom stereocenters. The molecule has 0 fully saturated rings. The first-order chi connectivity index (χ1) is 9.06. The van der Waals surface area contributed by atoms with Gasteiger partial charge in [0.25, 0.3) is 0 Å². The van der Waals surface area contributed by atoms with E-state index in [2.05, 4.69) is 25.4 Å². The van der Waals surface area contributed by atoms with Gasteiger partial charge >= 0.3 is 5.97 Å². The van der Waals surface area contributed by atoms with Crippen molar-refractivity contribution in [3.8, 4) is 0 Å². The number of aromatic nitrogens is 4. The normalized spacial score (nSPS) is 10.4. The van der Waals surface area contributed by atoms with Crippen LogP contribution in [-0.4, -0.2) is 37.7 Å². The van der Waals surface area contributed by atoms with E-state index >= 15 is 0 Å². The Morgan fingerprint density at radius 1 is 1.42 bits per heavy atom. The summed E-state index contributed by atoms with van der Waals surface area (Å²) in [6, 6.07) is 0. The monoisotopic (exact) mass is 263 g/mol. The van der Waals surface area contributed by atoms with E-state index in [0.29, 0.717) is 36.3 Å². The number of anilines is 1. The molecular formula is C11H13N5O3. The smallest absolute Gasteiger partial charge is 0.339 e. The predicted molar refractivity (Wildman–Crippen MR) is 65.0 cm³/mol. The van der Waals surface area contributed by atoms with E-state index in [1.165, 1.54) is 6.20 Å². The molecular weight excluding hydrogens is 250 g/mol. The highest BCUT2D eigenvalue weighted by Gasteiger charge is 2.09. The summed E-state index contributed by atoms with van der Waals surface area (Å²) < 4.78 is 4.84. The Kier molecular flexibility index (Phi) is 3.69. The van der Waals surface area contributed by atoms with Crippen LogP contribution in [0, 0.1) is 13.8 Å². The van der Waals surface area contributed by atoms with Crippen LogP contribution >= 0.6 is 0 Å². The number of rotatable bonds is 5. The van der Waals surface area contributed by atoms with Crippen molar-refractivity contribution >= 4 is 11.9 Å². The van der Waals surface area contributed by atoms with Gasteiger partial charge < -0.3 is 14.9 Å². The number of carboxylic acids is 1. The number of aromatic carboxylic acids is 1. The Morgan fingerprint density at radius 3 is 2.79 bits per heavy atom. The molecule has 8 nitrogen and oxygen atoms in total. The van der Waals surface area contributed by atoms with Gasteiger partial charge in [-0.1, -0.05) is 5.16 Å². The number of carbonyl (C=O) groups is 1. The van der Waals surface area contributed by atoms with Crippen molar-refractivity contribution in [2.24, 2.45) is 0 Å². The summed E-state index contributed by atoms with van der Waals surface area (Å²) in [4.78, 5) is 22.9. The number of carboxylic acid groups (broad SMARTS) is 1. The van der Waals surface area contributed by atoms with E-state index in [1.54, 1.807) is 13.8 Å². The van der Waals surface area contributed by atoms with Crippen molar-refractivity contribution in [2.45, 2.75) is 20.3 Å². The van der Waals surface area contributed by atoms with Crippen molar-refractivity contribution in [3.63, 3.8) is 0 Å². The maximum atomic E-state index is 10.8. The third-order valence-electron chi connectivity index (χ3n) is 2.41. The molecule has 0 aliphatic carbocycles. The highest BCUT2D eigenvalue weighted by Crippen LogP contribution is 2.07. The van der Waals surface area contributed by atoms with Crippen molar-refractivity contribution in [2.75, 3.05) is 11.9 Å². The molecule has 0 bridgehead atoms. The van der Waals surface area contributed by atoms with Crippen molar-refractivity contribution < 1.29 is 14.4 Å². The van der Waals surface area contributed by atoms with Crippen LogP contribution in [-0.2, 0) is 6.42 Å². The maximum Gasteiger partial charge on any atom is 0.339 e. The average Bonchev–Trinajstić information content (AvgIpc) is 2.75. The van der Waals surface area contributed by atoms with E-state index in [4.69, 9.17) is 9.63 Å². The molecule has 0 amide bonds. The lowest BCUT2D eigenvalue weighted by Crippen LogP contribution is -2.11. The molecule has 0 spiro atoms. The molecule has 0 aliphatic rings. The molecule has 2 heterocycles. The zero-order valence-electron chi connectivity index (χ0n) is 10.5. The van der Waals surface area contributed by atoms with Gasteiger partial charge in [0, 0.05) is 26.1 Å². The van der Waals surface area contributed by atoms with Gasteiger partial charge in [-0.25, -0.2) is 14.8 Å². The van der Waals surface area contributed by atoms with Crippen LogP contribution in [0.5, 0.6) is 0 Å². The van der Waals surface area contributed by atoms with E-state index in [9.17, 15) is 4.79 Å². The second-order valence-corrected chi connectivity index (χ2v) is 3.90. The first-order valence-corrected chi connectivity index (χ1v) is 5.66. The van der Waals surface area contributed by atoms with E-state index in [-0.39, 0.29) is 5.56 Å². The van der Waals surface area contributed by atoms with Crippen LogP contribution in [0.1, 0.15) is 27.8 Å². The summed E-state index contributed by atoms with van der Waals surface area (Å²) in [5.74, 6) is 0.464.